The number of halogens is 1. The molecular weight excluding hydrogens is 338 g/mol. The largest absolute Gasteiger partial charge is 0.378 e. The Kier molecular flexibility index (Phi) is 3.30. The number of benzene rings is 1. The SMILES string of the molecule is Nc1c([N+](=O)[O-])cnn1Cc1ccc(Br)c2cccnc12. The number of nitrogens with zero attached hydrogens (tertiary/aromatic N) is 4. The summed E-state index contributed by atoms with van der Waals surface area (Å²) in [7, 11) is 0. The van der Waals surface area contributed by atoms with Gasteiger partial charge in [-0.3, -0.25) is 15.1 Å². The van der Waals surface area contributed by atoms with E-state index in [1.165, 1.54) is 4.68 Å². The minimum absolute atomic E-state index is 0.0343. The molecule has 0 saturated heterocycles. The van der Waals surface area contributed by atoms with Gasteiger partial charge in [0.25, 0.3) is 0 Å². The molecule has 0 radical (unpaired) electrons. The fraction of sp³-hybridized carbons (Fsp3) is 0.0769. The zero-order chi connectivity index (χ0) is 15.0. The van der Waals surface area contributed by atoms with Crippen molar-refractivity contribution in [3.05, 3.63) is 56.8 Å². The second-order valence-corrected chi connectivity index (χ2v) is 5.29. The summed E-state index contributed by atoms with van der Waals surface area (Å²) >= 11 is 3.48. The predicted molar refractivity (Wildman–Crippen MR) is 81.8 cm³/mol. The van der Waals surface area contributed by atoms with Crippen molar-refractivity contribution in [2.75, 3.05) is 5.73 Å². The van der Waals surface area contributed by atoms with Crippen LogP contribution in [0.3, 0.4) is 0 Å². The Bertz CT molecular complexity index is 846. The van der Waals surface area contributed by atoms with Crippen LogP contribution in [-0.2, 0) is 6.54 Å². The number of rotatable bonds is 3. The molecule has 0 unspecified atom stereocenters. The molecule has 0 spiro atoms. The van der Waals surface area contributed by atoms with Crippen molar-refractivity contribution in [3.63, 3.8) is 0 Å². The van der Waals surface area contributed by atoms with Gasteiger partial charge in [-0.2, -0.15) is 5.10 Å². The van der Waals surface area contributed by atoms with Crippen molar-refractivity contribution >= 4 is 38.3 Å². The maximum absolute atomic E-state index is 10.8. The van der Waals surface area contributed by atoms with Gasteiger partial charge in [0.15, 0.2) is 0 Å². The van der Waals surface area contributed by atoms with Crippen LogP contribution in [0.5, 0.6) is 0 Å². The van der Waals surface area contributed by atoms with E-state index < -0.39 is 4.92 Å². The molecule has 0 aliphatic carbocycles. The van der Waals surface area contributed by atoms with Gasteiger partial charge in [0, 0.05) is 16.1 Å². The Labute approximate surface area is 127 Å². The molecule has 2 heterocycles. The number of nitrogens with two attached hydrogens (primary N) is 1. The van der Waals surface area contributed by atoms with E-state index in [0.29, 0.717) is 6.54 Å². The third-order valence-corrected chi connectivity index (χ3v) is 3.87. The highest BCUT2D eigenvalue weighted by Crippen LogP contribution is 2.27. The molecule has 106 valence electrons. The van der Waals surface area contributed by atoms with Gasteiger partial charge in [0.2, 0.25) is 5.82 Å². The molecule has 0 saturated carbocycles. The highest BCUT2D eigenvalue weighted by Gasteiger charge is 2.18. The summed E-state index contributed by atoms with van der Waals surface area (Å²) in [6.07, 6.45) is 2.86. The van der Waals surface area contributed by atoms with Crippen LogP contribution in [0.25, 0.3) is 10.9 Å². The maximum Gasteiger partial charge on any atom is 0.330 e. The topological polar surface area (TPSA) is 99.9 Å². The van der Waals surface area contributed by atoms with Crippen LogP contribution in [0, 0.1) is 10.1 Å². The van der Waals surface area contributed by atoms with E-state index in [2.05, 4.69) is 26.0 Å². The summed E-state index contributed by atoms with van der Waals surface area (Å²) in [6.45, 7) is 0.320. The van der Waals surface area contributed by atoms with Crippen molar-refractivity contribution in [1.82, 2.24) is 14.8 Å². The lowest BCUT2D eigenvalue weighted by atomic mass is 10.1. The average molecular weight is 348 g/mol. The van der Waals surface area contributed by atoms with Crippen LogP contribution >= 0.6 is 15.9 Å². The van der Waals surface area contributed by atoms with Crippen LogP contribution in [-0.4, -0.2) is 19.7 Å². The van der Waals surface area contributed by atoms with E-state index >= 15 is 0 Å². The van der Waals surface area contributed by atoms with Gasteiger partial charge in [-0.25, -0.2) is 4.68 Å². The molecule has 0 fully saturated rings. The van der Waals surface area contributed by atoms with E-state index in [1.807, 2.05) is 24.3 Å². The van der Waals surface area contributed by atoms with Gasteiger partial charge >= 0.3 is 5.69 Å². The molecule has 2 aromatic heterocycles. The highest BCUT2D eigenvalue weighted by atomic mass is 79.9. The quantitative estimate of drug-likeness (QED) is 0.579. The summed E-state index contributed by atoms with van der Waals surface area (Å²) in [5.74, 6) is 0.0343. The Hall–Kier alpha value is -2.48. The minimum Gasteiger partial charge on any atom is -0.378 e. The number of nitrogen functional groups attached to an aromatic ring is 1. The lowest BCUT2D eigenvalue weighted by molar-refractivity contribution is -0.384. The third-order valence-electron chi connectivity index (χ3n) is 3.18. The number of nitro groups is 1. The van der Waals surface area contributed by atoms with Gasteiger partial charge < -0.3 is 5.73 Å². The number of fused-ring (bicyclic) bond motifs is 1. The number of hydrogen-bond donors (Lipinski definition) is 1. The van der Waals surface area contributed by atoms with E-state index in [4.69, 9.17) is 5.73 Å². The zero-order valence-electron chi connectivity index (χ0n) is 10.7. The molecular formula is C13H10BrN5O2. The highest BCUT2D eigenvalue weighted by molar-refractivity contribution is 9.10. The van der Waals surface area contributed by atoms with E-state index in [0.717, 1.165) is 27.1 Å². The average Bonchev–Trinajstić information content (AvgIpc) is 2.84. The third kappa shape index (κ3) is 2.33. The van der Waals surface area contributed by atoms with Gasteiger partial charge in [-0.05, 0) is 17.7 Å². The van der Waals surface area contributed by atoms with Gasteiger partial charge in [-0.15, -0.1) is 0 Å². The van der Waals surface area contributed by atoms with Crippen molar-refractivity contribution in [2.45, 2.75) is 6.54 Å². The molecule has 21 heavy (non-hydrogen) atoms. The predicted octanol–water partition coefficient (Wildman–Crippen LogP) is 2.73. The fourth-order valence-corrected chi connectivity index (χ4v) is 2.59. The molecule has 0 atom stereocenters. The lowest BCUT2D eigenvalue weighted by Crippen LogP contribution is -2.07. The van der Waals surface area contributed by atoms with Gasteiger partial charge in [0.1, 0.15) is 6.20 Å². The minimum atomic E-state index is -0.545. The summed E-state index contributed by atoms with van der Waals surface area (Å²) in [5, 5.41) is 15.7. The standard InChI is InChI=1S/C13H10BrN5O2/c14-10-4-3-8(12-9(10)2-1-5-16-12)7-18-13(15)11(6-17-18)19(20)21/h1-6H,7,15H2. The Morgan fingerprint density at radius 2 is 2.19 bits per heavy atom. The molecule has 3 aromatic rings. The van der Waals surface area contributed by atoms with Crippen LogP contribution in [0.2, 0.25) is 0 Å². The molecule has 8 heteroatoms. The summed E-state index contributed by atoms with van der Waals surface area (Å²) in [5.41, 5.74) is 7.26. The maximum atomic E-state index is 10.8. The van der Waals surface area contributed by atoms with Gasteiger partial charge in [0.05, 0.1) is 17.0 Å². The molecule has 2 N–H and O–H groups in total. The first-order valence-electron chi connectivity index (χ1n) is 6.05. The number of pyridine rings is 1. The van der Waals surface area contributed by atoms with Crippen LogP contribution in [0.15, 0.2) is 41.1 Å². The zero-order valence-corrected chi connectivity index (χ0v) is 12.3. The Balaban J connectivity index is 2.07. The summed E-state index contributed by atoms with van der Waals surface area (Å²) in [4.78, 5) is 14.6. The fourth-order valence-electron chi connectivity index (χ4n) is 2.14. The molecule has 7 nitrogen and oxygen atoms in total. The van der Waals surface area contributed by atoms with E-state index in [-0.39, 0.29) is 11.5 Å². The van der Waals surface area contributed by atoms with E-state index in [1.54, 1.807) is 6.20 Å². The second kappa shape index (κ2) is 5.13. The van der Waals surface area contributed by atoms with Crippen LogP contribution in [0.4, 0.5) is 11.5 Å². The Morgan fingerprint density at radius 3 is 2.90 bits per heavy atom. The van der Waals surface area contributed by atoms with Crippen molar-refractivity contribution in [1.29, 1.82) is 0 Å². The molecule has 0 aliphatic rings. The first-order valence-corrected chi connectivity index (χ1v) is 6.85. The lowest BCUT2D eigenvalue weighted by Gasteiger charge is -2.08. The number of hydrogen-bond acceptors (Lipinski definition) is 5. The Morgan fingerprint density at radius 1 is 1.38 bits per heavy atom. The normalized spacial score (nSPS) is 10.9. The molecule has 1 aromatic carbocycles. The van der Waals surface area contributed by atoms with Crippen LogP contribution in [0.1, 0.15) is 5.56 Å². The summed E-state index contributed by atoms with van der Waals surface area (Å²) < 4.78 is 2.34. The number of aromatic nitrogens is 3. The second-order valence-electron chi connectivity index (χ2n) is 4.44. The van der Waals surface area contributed by atoms with Gasteiger partial charge in [-0.1, -0.05) is 28.1 Å². The molecule has 0 bridgehead atoms. The first-order chi connectivity index (χ1) is 10.1. The molecule has 0 amide bonds. The monoisotopic (exact) mass is 347 g/mol. The van der Waals surface area contributed by atoms with E-state index in [9.17, 15) is 10.1 Å². The first kappa shape index (κ1) is 13.5. The summed E-state index contributed by atoms with van der Waals surface area (Å²) in [6, 6.07) is 7.61. The van der Waals surface area contributed by atoms with Crippen LogP contribution < -0.4 is 5.73 Å². The van der Waals surface area contributed by atoms with Crippen molar-refractivity contribution in [3.8, 4) is 0 Å². The molecule has 3 rings (SSSR count). The molecule has 0 aliphatic heterocycles. The van der Waals surface area contributed by atoms with Crippen molar-refractivity contribution in [2.24, 2.45) is 0 Å². The van der Waals surface area contributed by atoms with Crippen molar-refractivity contribution < 1.29 is 4.92 Å². The smallest absolute Gasteiger partial charge is 0.330 e. The number of anilines is 1.